The van der Waals surface area contributed by atoms with Gasteiger partial charge in [-0.3, -0.25) is 14.0 Å². The zero-order chi connectivity index (χ0) is 19.1. The van der Waals surface area contributed by atoms with Crippen molar-refractivity contribution in [3.8, 4) is 11.1 Å². The van der Waals surface area contributed by atoms with Gasteiger partial charge in [0.15, 0.2) is 11.4 Å². The number of nitrogens with zero attached hydrogens (tertiary/aromatic N) is 3. The highest BCUT2D eigenvalue weighted by atomic mass is 16.1. The molecular weight excluding hydrogens is 352 g/mol. The first kappa shape index (κ1) is 16.4. The van der Waals surface area contributed by atoms with Crippen LogP contribution in [0.1, 0.15) is 32.1 Å². The van der Waals surface area contributed by atoms with Crippen LogP contribution in [0.25, 0.3) is 16.8 Å². The maximum atomic E-state index is 12.6. The van der Waals surface area contributed by atoms with Gasteiger partial charge in [-0.1, -0.05) is 36.4 Å². The predicted molar refractivity (Wildman–Crippen MR) is 104 cm³/mol. The first-order valence-corrected chi connectivity index (χ1v) is 9.07. The molecule has 2 aromatic carbocycles. The lowest BCUT2D eigenvalue weighted by Crippen LogP contribution is -2.26. The number of benzene rings is 2. The van der Waals surface area contributed by atoms with Crippen LogP contribution in [0, 0.1) is 0 Å². The summed E-state index contributed by atoms with van der Waals surface area (Å²) in [6, 6.07) is 18.5. The molecule has 0 unspecified atom stereocenters. The molecule has 28 heavy (non-hydrogen) atoms. The Kier molecular flexibility index (Phi) is 3.76. The average molecular weight is 368 g/mol. The van der Waals surface area contributed by atoms with E-state index < -0.39 is 0 Å². The van der Waals surface area contributed by atoms with E-state index in [2.05, 4.69) is 15.5 Å². The standard InChI is InChI=1S/C22H16N4O2/c27-21-17-6-2-1-5-15(17)16-9-8-14(13-18(16)21)22(28)23-11-10-20-25-24-19-7-3-4-12-26(19)20/h1-9,12-13H,10-11H2,(H,23,28). The number of aromatic nitrogens is 3. The van der Waals surface area contributed by atoms with Crippen LogP contribution in [-0.4, -0.2) is 32.8 Å². The van der Waals surface area contributed by atoms with E-state index in [1.54, 1.807) is 12.1 Å². The van der Waals surface area contributed by atoms with Crippen LogP contribution >= 0.6 is 0 Å². The first-order valence-electron chi connectivity index (χ1n) is 9.07. The van der Waals surface area contributed by atoms with Gasteiger partial charge in [-0.05, 0) is 35.4 Å². The SMILES string of the molecule is O=C(NCCc1nnc2ccccn12)c1ccc2c(c1)C(=O)c1ccccc1-2. The van der Waals surface area contributed by atoms with Gasteiger partial charge in [-0.15, -0.1) is 10.2 Å². The van der Waals surface area contributed by atoms with Gasteiger partial charge in [0.2, 0.25) is 0 Å². The molecule has 2 heterocycles. The highest BCUT2D eigenvalue weighted by molar-refractivity contribution is 6.22. The Morgan fingerprint density at radius 2 is 1.68 bits per heavy atom. The highest BCUT2D eigenvalue weighted by Gasteiger charge is 2.26. The largest absolute Gasteiger partial charge is 0.352 e. The smallest absolute Gasteiger partial charge is 0.251 e. The summed E-state index contributed by atoms with van der Waals surface area (Å²) in [6.07, 6.45) is 2.46. The van der Waals surface area contributed by atoms with Crippen LogP contribution in [-0.2, 0) is 6.42 Å². The normalized spacial score (nSPS) is 12.1. The Bertz CT molecular complexity index is 1240. The fourth-order valence-corrected chi connectivity index (χ4v) is 3.62. The summed E-state index contributed by atoms with van der Waals surface area (Å²) in [5.41, 5.74) is 4.33. The molecule has 0 saturated carbocycles. The van der Waals surface area contributed by atoms with Crippen LogP contribution < -0.4 is 5.32 Å². The molecule has 4 aromatic rings. The summed E-state index contributed by atoms with van der Waals surface area (Å²) in [4.78, 5) is 25.2. The number of pyridine rings is 1. The number of ketones is 1. The number of carbonyl (C=O) groups is 2. The molecule has 0 radical (unpaired) electrons. The molecule has 1 N–H and O–H groups in total. The van der Waals surface area contributed by atoms with Crippen molar-refractivity contribution in [3.63, 3.8) is 0 Å². The molecule has 0 bridgehead atoms. The molecule has 1 amide bonds. The number of hydrogen-bond donors (Lipinski definition) is 1. The van der Waals surface area contributed by atoms with Crippen molar-refractivity contribution in [1.82, 2.24) is 19.9 Å². The molecule has 0 saturated heterocycles. The van der Waals surface area contributed by atoms with Gasteiger partial charge >= 0.3 is 0 Å². The van der Waals surface area contributed by atoms with Gasteiger partial charge in [0.05, 0.1) is 0 Å². The van der Waals surface area contributed by atoms with E-state index in [4.69, 9.17) is 0 Å². The van der Waals surface area contributed by atoms with Gasteiger partial charge in [0.25, 0.3) is 5.91 Å². The Labute approximate surface area is 160 Å². The van der Waals surface area contributed by atoms with E-state index in [-0.39, 0.29) is 11.7 Å². The second kappa shape index (κ2) is 6.42. The van der Waals surface area contributed by atoms with Gasteiger partial charge in [-0.25, -0.2) is 0 Å². The van der Waals surface area contributed by atoms with Crippen LogP contribution in [0.4, 0.5) is 0 Å². The zero-order valence-corrected chi connectivity index (χ0v) is 14.9. The lowest BCUT2D eigenvalue weighted by molar-refractivity contribution is 0.0954. The number of hydrogen-bond acceptors (Lipinski definition) is 4. The molecule has 0 atom stereocenters. The Morgan fingerprint density at radius 3 is 2.57 bits per heavy atom. The second-order valence-electron chi connectivity index (χ2n) is 6.69. The van der Waals surface area contributed by atoms with E-state index in [0.717, 1.165) is 22.6 Å². The quantitative estimate of drug-likeness (QED) is 0.529. The molecule has 136 valence electrons. The average Bonchev–Trinajstić information content (AvgIpc) is 3.28. The van der Waals surface area contributed by atoms with Gasteiger partial charge in [-0.2, -0.15) is 0 Å². The molecule has 5 rings (SSSR count). The van der Waals surface area contributed by atoms with Crippen molar-refractivity contribution in [2.45, 2.75) is 6.42 Å². The fraction of sp³-hybridized carbons (Fsp3) is 0.0909. The van der Waals surface area contributed by atoms with Crippen molar-refractivity contribution in [3.05, 3.63) is 89.4 Å². The third kappa shape index (κ3) is 2.58. The Morgan fingerprint density at radius 1 is 0.893 bits per heavy atom. The topological polar surface area (TPSA) is 76.4 Å². The van der Waals surface area contributed by atoms with Crippen molar-refractivity contribution in [1.29, 1.82) is 0 Å². The van der Waals surface area contributed by atoms with Crippen LogP contribution in [0.3, 0.4) is 0 Å². The number of nitrogens with one attached hydrogen (secondary N) is 1. The van der Waals surface area contributed by atoms with Crippen molar-refractivity contribution >= 4 is 17.3 Å². The summed E-state index contributed by atoms with van der Waals surface area (Å²) in [5.74, 6) is 0.547. The lowest BCUT2D eigenvalue weighted by Gasteiger charge is -2.06. The molecule has 0 spiro atoms. The third-order valence-electron chi connectivity index (χ3n) is 5.01. The van der Waals surface area contributed by atoms with Gasteiger partial charge in [0, 0.05) is 35.9 Å². The van der Waals surface area contributed by atoms with E-state index in [9.17, 15) is 9.59 Å². The predicted octanol–water partition coefficient (Wildman–Crippen LogP) is 2.91. The Balaban J connectivity index is 1.31. The van der Waals surface area contributed by atoms with Crippen LogP contribution in [0.15, 0.2) is 66.9 Å². The number of amides is 1. The van der Waals surface area contributed by atoms with E-state index in [0.29, 0.717) is 29.7 Å². The molecular formula is C22H16N4O2. The minimum Gasteiger partial charge on any atom is -0.352 e. The van der Waals surface area contributed by atoms with Crippen molar-refractivity contribution in [2.24, 2.45) is 0 Å². The fourth-order valence-electron chi connectivity index (χ4n) is 3.62. The van der Waals surface area contributed by atoms with Crippen LogP contribution in [0.5, 0.6) is 0 Å². The van der Waals surface area contributed by atoms with Gasteiger partial charge < -0.3 is 5.32 Å². The van der Waals surface area contributed by atoms with Crippen molar-refractivity contribution < 1.29 is 9.59 Å². The molecule has 0 aliphatic heterocycles. The maximum Gasteiger partial charge on any atom is 0.251 e. The second-order valence-corrected chi connectivity index (χ2v) is 6.69. The molecule has 6 nitrogen and oxygen atoms in total. The first-order chi connectivity index (χ1) is 13.7. The number of carbonyl (C=O) groups excluding carboxylic acids is 2. The molecule has 6 heteroatoms. The molecule has 0 fully saturated rings. The number of fused-ring (bicyclic) bond motifs is 4. The zero-order valence-electron chi connectivity index (χ0n) is 14.9. The monoisotopic (exact) mass is 368 g/mol. The molecule has 1 aliphatic rings. The van der Waals surface area contributed by atoms with E-state index in [1.165, 1.54) is 0 Å². The summed E-state index contributed by atoms with van der Waals surface area (Å²) in [5, 5.41) is 11.2. The lowest BCUT2D eigenvalue weighted by atomic mass is 10.0. The number of rotatable bonds is 4. The third-order valence-corrected chi connectivity index (χ3v) is 5.01. The Hall–Kier alpha value is -3.80. The summed E-state index contributed by atoms with van der Waals surface area (Å²) >= 11 is 0. The van der Waals surface area contributed by atoms with Crippen LogP contribution in [0.2, 0.25) is 0 Å². The van der Waals surface area contributed by atoms with Crippen molar-refractivity contribution in [2.75, 3.05) is 6.54 Å². The van der Waals surface area contributed by atoms with E-state index >= 15 is 0 Å². The molecule has 1 aliphatic carbocycles. The summed E-state index contributed by atoms with van der Waals surface area (Å²) in [7, 11) is 0. The minimum absolute atomic E-state index is 0.0322. The summed E-state index contributed by atoms with van der Waals surface area (Å²) in [6.45, 7) is 0.430. The molecule has 2 aromatic heterocycles. The minimum atomic E-state index is -0.208. The van der Waals surface area contributed by atoms with E-state index in [1.807, 2.05) is 59.1 Å². The maximum absolute atomic E-state index is 12.6. The highest BCUT2D eigenvalue weighted by Crippen LogP contribution is 2.36. The summed E-state index contributed by atoms with van der Waals surface area (Å²) < 4.78 is 1.90. The van der Waals surface area contributed by atoms with Gasteiger partial charge in [0.1, 0.15) is 5.82 Å².